The van der Waals surface area contributed by atoms with Gasteiger partial charge < -0.3 is 15.5 Å². The van der Waals surface area contributed by atoms with E-state index < -0.39 is 0 Å². The number of benzene rings is 1. The number of hydrogen-bond donors (Lipinski definition) is 1. The van der Waals surface area contributed by atoms with Gasteiger partial charge in [-0.3, -0.25) is 4.79 Å². The third-order valence-corrected chi connectivity index (χ3v) is 3.02. The molecule has 4 nitrogen and oxygen atoms in total. The van der Waals surface area contributed by atoms with Crippen LogP contribution in [0, 0.1) is 0 Å². The first kappa shape index (κ1) is 14.8. The first-order valence-electron chi connectivity index (χ1n) is 5.87. The molecule has 18 heavy (non-hydrogen) atoms. The molecule has 0 aliphatic rings. The van der Waals surface area contributed by atoms with Crippen molar-refractivity contribution in [3.05, 3.63) is 28.8 Å². The number of hydrogen-bond acceptors (Lipinski definition) is 3. The molecule has 1 amide bonds. The summed E-state index contributed by atoms with van der Waals surface area (Å²) < 4.78 is 0. The quantitative estimate of drug-likeness (QED) is 0.831. The zero-order valence-corrected chi connectivity index (χ0v) is 11.9. The van der Waals surface area contributed by atoms with Crippen LogP contribution in [0.25, 0.3) is 0 Å². The van der Waals surface area contributed by atoms with Crippen molar-refractivity contribution in [1.82, 2.24) is 9.80 Å². The third kappa shape index (κ3) is 4.20. The van der Waals surface area contributed by atoms with Gasteiger partial charge in [0, 0.05) is 19.2 Å². The van der Waals surface area contributed by atoms with Gasteiger partial charge in [-0.05, 0) is 45.3 Å². The lowest BCUT2D eigenvalue weighted by Crippen LogP contribution is -2.29. The number of anilines is 1. The number of nitrogens with zero attached hydrogens (tertiary/aromatic N) is 2. The zero-order chi connectivity index (χ0) is 13.7. The Bertz CT molecular complexity index is 421. The molecule has 2 N–H and O–H groups in total. The number of carbonyl (C=O) groups is 1. The van der Waals surface area contributed by atoms with Crippen LogP contribution in [0.15, 0.2) is 18.2 Å². The molecule has 0 spiro atoms. The van der Waals surface area contributed by atoms with Crippen LogP contribution in [0.4, 0.5) is 5.69 Å². The van der Waals surface area contributed by atoms with E-state index in [9.17, 15) is 4.79 Å². The average molecular weight is 270 g/mol. The van der Waals surface area contributed by atoms with E-state index in [-0.39, 0.29) is 5.91 Å². The van der Waals surface area contributed by atoms with Crippen molar-refractivity contribution in [3.63, 3.8) is 0 Å². The van der Waals surface area contributed by atoms with Crippen molar-refractivity contribution in [1.29, 1.82) is 0 Å². The number of carbonyl (C=O) groups excluding carboxylic acids is 1. The number of halogens is 1. The Morgan fingerprint density at radius 2 is 1.94 bits per heavy atom. The summed E-state index contributed by atoms with van der Waals surface area (Å²) in [4.78, 5) is 15.9. The second-order valence-corrected chi connectivity index (χ2v) is 5.03. The van der Waals surface area contributed by atoms with E-state index >= 15 is 0 Å². The Morgan fingerprint density at radius 3 is 2.50 bits per heavy atom. The summed E-state index contributed by atoms with van der Waals surface area (Å²) >= 11 is 5.91. The van der Waals surface area contributed by atoms with E-state index in [1.807, 2.05) is 14.1 Å². The summed E-state index contributed by atoms with van der Waals surface area (Å²) in [5.41, 5.74) is 6.68. The lowest BCUT2D eigenvalue weighted by atomic mass is 10.2. The van der Waals surface area contributed by atoms with Gasteiger partial charge in [0.1, 0.15) is 0 Å². The van der Waals surface area contributed by atoms with Crippen molar-refractivity contribution < 1.29 is 4.79 Å². The maximum atomic E-state index is 12.1. The van der Waals surface area contributed by atoms with Crippen LogP contribution in [0.3, 0.4) is 0 Å². The number of nitrogens with two attached hydrogens (primary N) is 1. The first-order valence-corrected chi connectivity index (χ1v) is 6.25. The van der Waals surface area contributed by atoms with Gasteiger partial charge in [-0.25, -0.2) is 0 Å². The molecule has 0 unspecified atom stereocenters. The summed E-state index contributed by atoms with van der Waals surface area (Å²) in [6.45, 7) is 1.68. The van der Waals surface area contributed by atoms with E-state index in [1.54, 1.807) is 30.1 Å². The third-order valence-electron chi connectivity index (χ3n) is 2.69. The summed E-state index contributed by atoms with van der Waals surface area (Å²) in [7, 11) is 5.82. The predicted molar refractivity (Wildman–Crippen MR) is 76.0 cm³/mol. The zero-order valence-electron chi connectivity index (χ0n) is 11.1. The van der Waals surface area contributed by atoms with E-state index in [2.05, 4.69) is 4.90 Å². The fourth-order valence-corrected chi connectivity index (χ4v) is 1.79. The second kappa shape index (κ2) is 6.61. The molecule has 0 aliphatic heterocycles. The van der Waals surface area contributed by atoms with E-state index in [0.717, 1.165) is 19.5 Å². The first-order chi connectivity index (χ1) is 8.41. The molecule has 1 aromatic carbocycles. The van der Waals surface area contributed by atoms with E-state index in [0.29, 0.717) is 16.3 Å². The molecule has 0 saturated heterocycles. The minimum absolute atomic E-state index is 0.0318. The van der Waals surface area contributed by atoms with Crippen LogP contribution >= 0.6 is 11.6 Å². The lowest BCUT2D eigenvalue weighted by Gasteiger charge is -2.18. The summed E-state index contributed by atoms with van der Waals surface area (Å²) in [6.07, 6.45) is 0.942. The topological polar surface area (TPSA) is 49.6 Å². The number of amides is 1. The van der Waals surface area contributed by atoms with Gasteiger partial charge in [-0.1, -0.05) is 11.6 Å². The van der Waals surface area contributed by atoms with Gasteiger partial charge in [0.25, 0.3) is 5.91 Å². The normalized spacial score (nSPS) is 10.7. The van der Waals surface area contributed by atoms with Gasteiger partial charge in [-0.2, -0.15) is 0 Å². The largest absolute Gasteiger partial charge is 0.398 e. The highest BCUT2D eigenvalue weighted by atomic mass is 35.5. The van der Waals surface area contributed by atoms with Gasteiger partial charge in [-0.15, -0.1) is 0 Å². The molecular formula is C13H20ClN3O. The molecule has 0 fully saturated rings. The number of nitrogen functional groups attached to an aromatic ring is 1. The van der Waals surface area contributed by atoms with Gasteiger partial charge >= 0.3 is 0 Å². The Labute approximate surface area is 113 Å². The predicted octanol–water partition coefficient (Wildman–Crippen LogP) is 1.95. The molecule has 1 aromatic rings. The molecule has 5 heteroatoms. The fourth-order valence-electron chi connectivity index (χ4n) is 1.61. The van der Waals surface area contributed by atoms with Crippen molar-refractivity contribution in [2.45, 2.75) is 6.42 Å². The van der Waals surface area contributed by atoms with E-state index in [4.69, 9.17) is 17.3 Å². The molecule has 100 valence electrons. The minimum atomic E-state index is -0.0318. The average Bonchev–Trinajstić information content (AvgIpc) is 2.31. The smallest absolute Gasteiger partial charge is 0.253 e. The minimum Gasteiger partial charge on any atom is -0.398 e. The molecule has 0 aliphatic carbocycles. The Hall–Kier alpha value is -1.26. The summed E-state index contributed by atoms with van der Waals surface area (Å²) in [5.74, 6) is -0.0318. The highest BCUT2D eigenvalue weighted by Crippen LogP contribution is 2.20. The van der Waals surface area contributed by atoms with Crippen molar-refractivity contribution in [2.75, 3.05) is 40.0 Å². The Kier molecular flexibility index (Phi) is 5.44. The molecular weight excluding hydrogens is 250 g/mol. The standard InChI is InChI=1S/C13H20ClN3O/c1-16(2)7-4-8-17(3)13(18)10-5-6-12(15)11(14)9-10/h5-6,9H,4,7-8,15H2,1-3H3. The molecule has 0 radical (unpaired) electrons. The SMILES string of the molecule is CN(C)CCCN(C)C(=O)c1ccc(N)c(Cl)c1. The van der Waals surface area contributed by atoms with Crippen LogP contribution in [0.2, 0.25) is 5.02 Å². The maximum Gasteiger partial charge on any atom is 0.253 e. The van der Waals surface area contributed by atoms with Crippen LogP contribution in [-0.4, -0.2) is 49.9 Å². The highest BCUT2D eigenvalue weighted by Gasteiger charge is 2.12. The monoisotopic (exact) mass is 269 g/mol. The lowest BCUT2D eigenvalue weighted by molar-refractivity contribution is 0.0790. The second-order valence-electron chi connectivity index (χ2n) is 4.62. The molecule has 1 rings (SSSR count). The van der Waals surface area contributed by atoms with Crippen LogP contribution in [0.5, 0.6) is 0 Å². The van der Waals surface area contributed by atoms with Crippen molar-refractivity contribution in [2.24, 2.45) is 0 Å². The Balaban J connectivity index is 2.60. The fraction of sp³-hybridized carbons (Fsp3) is 0.462. The molecule has 0 saturated carbocycles. The highest BCUT2D eigenvalue weighted by molar-refractivity contribution is 6.33. The molecule has 0 atom stereocenters. The molecule has 0 aromatic heterocycles. The molecule has 0 bridgehead atoms. The maximum absolute atomic E-state index is 12.1. The Morgan fingerprint density at radius 1 is 1.28 bits per heavy atom. The van der Waals surface area contributed by atoms with Crippen LogP contribution < -0.4 is 5.73 Å². The van der Waals surface area contributed by atoms with Crippen LogP contribution in [-0.2, 0) is 0 Å². The summed E-state index contributed by atoms with van der Waals surface area (Å²) in [5, 5.41) is 0.419. The summed E-state index contributed by atoms with van der Waals surface area (Å²) in [6, 6.07) is 4.97. The van der Waals surface area contributed by atoms with Gasteiger partial charge in [0.15, 0.2) is 0 Å². The van der Waals surface area contributed by atoms with Gasteiger partial charge in [0.2, 0.25) is 0 Å². The van der Waals surface area contributed by atoms with Crippen molar-refractivity contribution >= 4 is 23.2 Å². The van der Waals surface area contributed by atoms with Gasteiger partial charge in [0.05, 0.1) is 10.7 Å². The van der Waals surface area contributed by atoms with Crippen LogP contribution in [0.1, 0.15) is 16.8 Å². The van der Waals surface area contributed by atoms with Crippen molar-refractivity contribution in [3.8, 4) is 0 Å². The molecule has 0 heterocycles. The van der Waals surface area contributed by atoms with E-state index in [1.165, 1.54) is 0 Å². The number of rotatable bonds is 5.